The van der Waals surface area contributed by atoms with Crippen LogP contribution in [0.2, 0.25) is 0 Å². The first-order valence-corrected chi connectivity index (χ1v) is 6.17. The smallest absolute Gasteiger partial charge is 0.0951 e. The molecule has 2 heterocycles. The van der Waals surface area contributed by atoms with E-state index in [4.69, 9.17) is 9.47 Å². The summed E-state index contributed by atoms with van der Waals surface area (Å²) < 4.78 is 11.3. The van der Waals surface area contributed by atoms with Gasteiger partial charge in [0.2, 0.25) is 0 Å². The number of nitrogens with one attached hydrogen (secondary N) is 1. The summed E-state index contributed by atoms with van der Waals surface area (Å²) in [5.41, 5.74) is -0.687. The third-order valence-electron chi connectivity index (χ3n) is 3.38. The predicted molar refractivity (Wildman–Crippen MR) is 61.4 cm³/mol. The van der Waals surface area contributed by atoms with Gasteiger partial charge in [-0.1, -0.05) is 0 Å². The van der Waals surface area contributed by atoms with Crippen LogP contribution in [0.5, 0.6) is 0 Å². The van der Waals surface area contributed by atoms with Crippen molar-refractivity contribution in [1.29, 1.82) is 0 Å². The maximum Gasteiger partial charge on any atom is 0.0951 e. The zero-order valence-corrected chi connectivity index (χ0v) is 10.3. The van der Waals surface area contributed by atoms with Gasteiger partial charge in [0.1, 0.15) is 0 Å². The van der Waals surface area contributed by atoms with Gasteiger partial charge < -0.3 is 19.9 Å². The van der Waals surface area contributed by atoms with Crippen molar-refractivity contribution in [3.8, 4) is 0 Å². The van der Waals surface area contributed by atoms with Crippen molar-refractivity contribution in [1.82, 2.24) is 5.32 Å². The fourth-order valence-electron chi connectivity index (χ4n) is 2.46. The predicted octanol–water partition coefficient (Wildman–Crippen LogP) is 0.685. The molecule has 4 heteroatoms. The van der Waals surface area contributed by atoms with Crippen molar-refractivity contribution in [2.45, 2.75) is 50.4 Å². The van der Waals surface area contributed by atoms with Crippen molar-refractivity contribution in [3.05, 3.63) is 0 Å². The first kappa shape index (κ1) is 12.3. The van der Waals surface area contributed by atoms with E-state index in [9.17, 15) is 5.11 Å². The molecule has 2 N–H and O–H groups in total. The van der Waals surface area contributed by atoms with E-state index >= 15 is 0 Å². The lowest BCUT2D eigenvalue weighted by Gasteiger charge is -2.38. The van der Waals surface area contributed by atoms with Crippen LogP contribution in [-0.2, 0) is 9.47 Å². The molecule has 2 fully saturated rings. The molecule has 0 aromatic carbocycles. The summed E-state index contributed by atoms with van der Waals surface area (Å²) in [7, 11) is 0. The summed E-state index contributed by atoms with van der Waals surface area (Å²) in [4.78, 5) is 0. The lowest BCUT2D eigenvalue weighted by atomic mass is 9.89. The fraction of sp³-hybridized carbons (Fsp3) is 1.00. The van der Waals surface area contributed by atoms with E-state index in [-0.39, 0.29) is 5.60 Å². The monoisotopic (exact) mass is 229 g/mol. The molecule has 1 spiro atoms. The van der Waals surface area contributed by atoms with Crippen molar-refractivity contribution >= 4 is 0 Å². The van der Waals surface area contributed by atoms with Gasteiger partial charge in [0.05, 0.1) is 17.8 Å². The summed E-state index contributed by atoms with van der Waals surface area (Å²) in [6.07, 6.45) is 3.04. The third-order valence-corrected chi connectivity index (χ3v) is 3.38. The van der Waals surface area contributed by atoms with Crippen LogP contribution in [0, 0.1) is 0 Å². The highest BCUT2D eigenvalue weighted by Gasteiger charge is 2.41. The van der Waals surface area contributed by atoms with Crippen LogP contribution in [-0.4, -0.2) is 48.7 Å². The zero-order chi connectivity index (χ0) is 11.6. The Balaban J connectivity index is 1.82. The Morgan fingerprint density at radius 1 is 1.44 bits per heavy atom. The maximum atomic E-state index is 9.69. The van der Waals surface area contributed by atoms with Gasteiger partial charge in [0, 0.05) is 32.2 Å². The molecule has 0 aromatic heterocycles. The molecule has 2 aliphatic rings. The highest BCUT2D eigenvalue weighted by Crippen LogP contribution is 2.32. The molecule has 2 atom stereocenters. The Bertz CT molecular complexity index is 231. The van der Waals surface area contributed by atoms with Crippen LogP contribution < -0.4 is 5.32 Å². The number of ether oxygens (including phenoxy) is 2. The minimum absolute atomic E-state index is 0.0461. The van der Waals surface area contributed by atoms with E-state index in [1.54, 1.807) is 0 Å². The van der Waals surface area contributed by atoms with Crippen LogP contribution in [0.15, 0.2) is 0 Å². The minimum atomic E-state index is -0.641. The first-order chi connectivity index (χ1) is 7.49. The third kappa shape index (κ3) is 3.17. The van der Waals surface area contributed by atoms with Crippen molar-refractivity contribution in [2.75, 3.05) is 26.4 Å². The van der Waals surface area contributed by atoms with Gasteiger partial charge in [-0.2, -0.15) is 0 Å². The normalized spacial score (nSPS) is 35.8. The number of aliphatic hydroxyl groups is 1. The van der Waals surface area contributed by atoms with Crippen molar-refractivity contribution in [2.24, 2.45) is 0 Å². The number of hydrogen-bond acceptors (Lipinski definition) is 4. The van der Waals surface area contributed by atoms with Crippen LogP contribution in [0.3, 0.4) is 0 Å². The second kappa shape index (κ2) is 4.61. The van der Waals surface area contributed by atoms with E-state index < -0.39 is 5.60 Å². The summed E-state index contributed by atoms with van der Waals surface area (Å²) in [5.74, 6) is 0. The van der Waals surface area contributed by atoms with Crippen LogP contribution in [0.25, 0.3) is 0 Å². The zero-order valence-electron chi connectivity index (χ0n) is 10.3. The molecule has 0 amide bonds. The molecule has 2 aliphatic heterocycles. The second-order valence-electron chi connectivity index (χ2n) is 5.72. The molecular formula is C12H23NO3. The molecule has 0 aliphatic carbocycles. The lowest BCUT2D eigenvalue weighted by molar-refractivity contribution is -0.0909. The van der Waals surface area contributed by atoms with Gasteiger partial charge in [-0.15, -0.1) is 0 Å². The largest absolute Gasteiger partial charge is 0.389 e. The van der Waals surface area contributed by atoms with Gasteiger partial charge in [-0.05, 0) is 26.7 Å². The van der Waals surface area contributed by atoms with E-state index in [2.05, 4.69) is 5.32 Å². The summed E-state index contributed by atoms with van der Waals surface area (Å²) in [5, 5.41) is 13.1. The van der Waals surface area contributed by atoms with Gasteiger partial charge in [-0.3, -0.25) is 0 Å². The topological polar surface area (TPSA) is 50.7 Å². The average molecular weight is 229 g/mol. The summed E-state index contributed by atoms with van der Waals surface area (Å²) in [6, 6.07) is 0.446. The highest BCUT2D eigenvalue weighted by molar-refractivity contribution is 4.93. The van der Waals surface area contributed by atoms with Gasteiger partial charge in [0.25, 0.3) is 0 Å². The molecule has 0 aromatic rings. The highest BCUT2D eigenvalue weighted by atomic mass is 16.6. The Morgan fingerprint density at radius 3 is 2.88 bits per heavy atom. The quantitative estimate of drug-likeness (QED) is 0.747. The van der Waals surface area contributed by atoms with Gasteiger partial charge in [0.15, 0.2) is 0 Å². The minimum Gasteiger partial charge on any atom is -0.389 e. The fourth-order valence-corrected chi connectivity index (χ4v) is 2.46. The lowest BCUT2D eigenvalue weighted by Crippen LogP contribution is -2.50. The Labute approximate surface area is 97.3 Å². The van der Waals surface area contributed by atoms with Crippen molar-refractivity contribution in [3.63, 3.8) is 0 Å². The van der Waals surface area contributed by atoms with E-state index in [1.165, 1.54) is 0 Å². The molecule has 2 unspecified atom stereocenters. The molecule has 0 saturated carbocycles. The molecular weight excluding hydrogens is 206 g/mol. The summed E-state index contributed by atoms with van der Waals surface area (Å²) in [6.45, 7) is 6.63. The van der Waals surface area contributed by atoms with Crippen molar-refractivity contribution < 1.29 is 14.6 Å². The van der Waals surface area contributed by atoms with Crippen LogP contribution in [0.1, 0.15) is 33.1 Å². The molecule has 16 heavy (non-hydrogen) atoms. The number of rotatable bonds is 3. The Morgan fingerprint density at radius 2 is 2.25 bits per heavy atom. The van der Waals surface area contributed by atoms with E-state index in [0.717, 1.165) is 39.1 Å². The SMILES string of the molecule is CC(C)(O)CNC1CCOC2(CCOC2)C1. The maximum absolute atomic E-state index is 9.69. The molecule has 0 radical (unpaired) electrons. The van der Waals surface area contributed by atoms with Crippen LogP contribution >= 0.6 is 0 Å². The molecule has 4 nitrogen and oxygen atoms in total. The number of hydrogen-bond donors (Lipinski definition) is 2. The Kier molecular flexibility index (Phi) is 3.54. The average Bonchev–Trinajstić information content (AvgIpc) is 2.63. The Hall–Kier alpha value is -0.160. The summed E-state index contributed by atoms with van der Waals surface area (Å²) >= 11 is 0. The van der Waals surface area contributed by atoms with Crippen LogP contribution in [0.4, 0.5) is 0 Å². The van der Waals surface area contributed by atoms with E-state index in [0.29, 0.717) is 12.6 Å². The molecule has 2 rings (SSSR count). The molecule has 94 valence electrons. The van der Waals surface area contributed by atoms with E-state index in [1.807, 2.05) is 13.8 Å². The molecule has 0 bridgehead atoms. The van der Waals surface area contributed by atoms with Gasteiger partial charge in [-0.25, -0.2) is 0 Å². The second-order valence-corrected chi connectivity index (χ2v) is 5.72. The first-order valence-electron chi connectivity index (χ1n) is 6.17. The standard InChI is InChI=1S/C12H23NO3/c1-11(2,14)8-13-10-3-5-16-12(7-10)4-6-15-9-12/h10,13-14H,3-9H2,1-2H3. The molecule has 2 saturated heterocycles. The van der Waals surface area contributed by atoms with Gasteiger partial charge >= 0.3 is 0 Å².